The molecule has 27 heavy (non-hydrogen) atoms. The number of para-hydroxylation sites is 3. The van der Waals surface area contributed by atoms with E-state index in [1.165, 1.54) is 0 Å². The highest BCUT2D eigenvalue weighted by atomic mass is 35.5. The van der Waals surface area contributed by atoms with Crippen molar-refractivity contribution in [3.8, 4) is 5.75 Å². The molecule has 0 radical (unpaired) electrons. The van der Waals surface area contributed by atoms with Gasteiger partial charge >= 0.3 is 0 Å². The summed E-state index contributed by atoms with van der Waals surface area (Å²) in [5.74, 6) is 0.403. The predicted octanol–water partition coefficient (Wildman–Crippen LogP) is 4.92. The van der Waals surface area contributed by atoms with Crippen molar-refractivity contribution in [3.63, 3.8) is 0 Å². The predicted molar refractivity (Wildman–Crippen MR) is 109 cm³/mol. The summed E-state index contributed by atoms with van der Waals surface area (Å²) in [6.45, 7) is 0.464. The number of carbonyl (C=O) groups is 1. The molecule has 0 saturated heterocycles. The Balaban J connectivity index is 1.56. The van der Waals surface area contributed by atoms with Crippen molar-refractivity contribution in [2.75, 3.05) is 23.4 Å². The molecule has 1 amide bonds. The molecule has 3 aromatic carbocycles. The second kappa shape index (κ2) is 7.72. The third kappa shape index (κ3) is 3.76. The van der Waals surface area contributed by atoms with Crippen molar-refractivity contribution in [2.24, 2.45) is 0 Å². The van der Waals surface area contributed by atoms with Crippen LogP contribution < -0.4 is 15.0 Å². The van der Waals surface area contributed by atoms with Gasteiger partial charge in [0.25, 0.3) is 5.91 Å². The Kier molecular flexibility index (Phi) is 4.99. The molecule has 3 aromatic rings. The minimum atomic E-state index is -0.107. The van der Waals surface area contributed by atoms with E-state index in [0.29, 0.717) is 17.3 Å². The number of nitrogens with zero attached hydrogens (tertiary/aromatic N) is 1. The van der Waals surface area contributed by atoms with E-state index in [1.807, 2.05) is 54.6 Å². The first-order valence-electron chi connectivity index (χ1n) is 8.80. The lowest BCUT2D eigenvalue weighted by molar-refractivity contribution is -0.120. The Bertz CT molecular complexity index is 946. The smallest absolute Gasteiger partial charge is 0.265 e. The van der Waals surface area contributed by atoms with Crippen LogP contribution in [0, 0.1) is 0 Å². The molecule has 0 spiro atoms. The topological polar surface area (TPSA) is 41.6 Å². The number of benzene rings is 3. The van der Waals surface area contributed by atoms with Crippen LogP contribution in [0.2, 0.25) is 5.02 Å². The summed E-state index contributed by atoms with van der Waals surface area (Å²) >= 11 is 6.12. The summed E-state index contributed by atoms with van der Waals surface area (Å²) in [6.07, 6.45) is 0. The van der Waals surface area contributed by atoms with Crippen molar-refractivity contribution in [1.29, 1.82) is 0 Å². The van der Waals surface area contributed by atoms with Crippen LogP contribution in [0.1, 0.15) is 11.6 Å². The Labute approximate surface area is 163 Å². The van der Waals surface area contributed by atoms with Crippen molar-refractivity contribution in [2.45, 2.75) is 6.04 Å². The third-order valence-corrected chi connectivity index (χ3v) is 4.89. The van der Waals surface area contributed by atoms with E-state index in [0.717, 1.165) is 16.9 Å². The minimum Gasteiger partial charge on any atom is -0.482 e. The summed E-state index contributed by atoms with van der Waals surface area (Å²) in [4.78, 5) is 14.7. The van der Waals surface area contributed by atoms with Gasteiger partial charge in [0.05, 0.1) is 29.0 Å². The van der Waals surface area contributed by atoms with E-state index in [-0.39, 0.29) is 18.6 Å². The van der Waals surface area contributed by atoms with Crippen LogP contribution in [-0.2, 0) is 4.79 Å². The quantitative estimate of drug-likeness (QED) is 0.700. The standard InChI is InChI=1S/C22H19ClN2O2/c23-17-10-4-7-13-21(17)27-15-22(26)25-14-19(16-8-2-1-3-9-16)24-18-11-5-6-12-20(18)25/h1-13,19,24H,14-15H2. The van der Waals surface area contributed by atoms with E-state index < -0.39 is 0 Å². The average Bonchev–Trinajstić information content (AvgIpc) is 2.73. The number of hydrogen-bond donors (Lipinski definition) is 1. The number of hydrogen-bond acceptors (Lipinski definition) is 3. The molecule has 0 bridgehead atoms. The number of halogens is 1. The number of nitrogens with one attached hydrogen (secondary N) is 1. The van der Waals surface area contributed by atoms with Crippen molar-refractivity contribution >= 4 is 28.9 Å². The van der Waals surface area contributed by atoms with Gasteiger partial charge in [0.1, 0.15) is 5.75 Å². The van der Waals surface area contributed by atoms with Crippen molar-refractivity contribution in [3.05, 3.63) is 89.4 Å². The van der Waals surface area contributed by atoms with Crippen LogP contribution in [0.3, 0.4) is 0 Å². The maximum absolute atomic E-state index is 13.0. The fraction of sp³-hybridized carbons (Fsp3) is 0.136. The number of amides is 1. The number of ether oxygens (including phenoxy) is 1. The van der Waals surface area contributed by atoms with Crippen LogP contribution in [0.4, 0.5) is 11.4 Å². The zero-order chi connectivity index (χ0) is 18.6. The Hall–Kier alpha value is -2.98. The first-order valence-corrected chi connectivity index (χ1v) is 9.18. The molecular weight excluding hydrogens is 360 g/mol. The monoisotopic (exact) mass is 378 g/mol. The summed E-state index contributed by atoms with van der Waals surface area (Å²) < 4.78 is 5.66. The number of anilines is 2. The van der Waals surface area contributed by atoms with Gasteiger partial charge in [-0.2, -0.15) is 0 Å². The zero-order valence-electron chi connectivity index (χ0n) is 14.6. The van der Waals surface area contributed by atoms with Gasteiger partial charge in [-0.1, -0.05) is 66.2 Å². The second-order valence-corrected chi connectivity index (χ2v) is 6.76. The molecule has 1 atom stereocenters. The number of carbonyl (C=O) groups excluding carboxylic acids is 1. The average molecular weight is 379 g/mol. The molecule has 0 aromatic heterocycles. The van der Waals surface area contributed by atoms with Gasteiger partial charge in [-0.25, -0.2) is 0 Å². The minimum absolute atomic E-state index is 0.0189. The van der Waals surface area contributed by atoms with Crippen molar-refractivity contribution < 1.29 is 9.53 Å². The maximum atomic E-state index is 13.0. The third-order valence-electron chi connectivity index (χ3n) is 4.58. The summed E-state index contributed by atoms with van der Waals surface area (Å²) in [5.41, 5.74) is 2.93. The van der Waals surface area contributed by atoms with Gasteiger partial charge in [-0.3, -0.25) is 4.79 Å². The second-order valence-electron chi connectivity index (χ2n) is 6.35. The highest BCUT2D eigenvalue weighted by Gasteiger charge is 2.29. The van der Waals surface area contributed by atoms with Crippen LogP contribution in [0.15, 0.2) is 78.9 Å². The summed E-state index contributed by atoms with van der Waals surface area (Å²) in [6, 6.07) is 25.1. The fourth-order valence-corrected chi connectivity index (χ4v) is 3.43. The Morgan fingerprint density at radius 2 is 1.70 bits per heavy atom. The van der Waals surface area contributed by atoms with Crippen LogP contribution in [-0.4, -0.2) is 19.1 Å². The highest BCUT2D eigenvalue weighted by molar-refractivity contribution is 6.32. The summed E-state index contributed by atoms with van der Waals surface area (Å²) in [5, 5.41) is 4.02. The van der Waals surface area contributed by atoms with E-state index in [9.17, 15) is 4.79 Å². The number of fused-ring (bicyclic) bond motifs is 1. The SMILES string of the molecule is O=C(COc1ccccc1Cl)N1CC(c2ccccc2)Nc2ccccc21. The van der Waals surface area contributed by atoms with Gasteiger partial charge in [0.2, 0.25) is 0 Å². The molecule has 4 nitrogen and oxygen atoms in total. The number of rotatable bonds is 4. The lowest BCUT2D eigenvalue weighted by atomic mass is 10.0. The molecular formula is C22H19ClN2O2. The van der Waals surface area contributed by atoms with Gasteiger partial charge in [0, 0.05) is 0 Å². The Morgan fingerprint density at radius 3 is 2.52 bits per heavy atom. The lowest BCUT2D eigenvalue weighted by Crippen LogP contribution is -2.43. The Morgan fingerprint density at radius 1 is 1.00 bits per heavy atom. The first-order chi connectivity index (χ1) is 13.2. The highest BCUT2D eigenvalue weighted by Crippen LogP contribution is 2.35. The van der Waals surface area contributed by atoms with Crippen molar-refractivity contribution in [1.82, 2.24) is 0 Å². The molecule has 1 N–H and O–H groups in total. The molecule has 5 heteroatoms. The maximum Gasteiger partial charge on any atom is 0.265 e. The van der Waals surface area contributed by atoms with Gasteiger partial charge in [0.15, 0.2) is 6.61 Å². The molecule has 1 aliphatic heterocycles. The summed E-state index contributed by atoms with van der Waals surface area (Å²) in [7, 11) is 0. The van der Waals surface area contributed by atoms with E-state index in [4.69, 9.17) is 16.3 Å². The van der Waals surface area contributed by atoms with Crippen LogP contribution in [0.5, 0.6) is 5.75 Å². The van der Waals surface area contributed by atoms with Gasteiger partial charge in [-0.05, 0) is 29.8 Å². The normalized spacial score (nSPS) is 15.6. The van der Waals surface area contributed by atoms with Crippen LogP contribution >= 0.6 is 11.6 Å². The van der Waals surface area contributed by atoms with E-state index >= 15 is 0 Å². The molecule has 1 unspecified atom stereocenters. The molecule has 0 fully saturated rings. The van der Waals surface area contributed by atoms with Crippen LogP contribution in [0.25, 0.3) is 0 Å². The molecule has 0 aliphatic carbocycles. The van der Waals surface area contributed by atoms with E-state index in [2.05, 4.69) is 17.4 Å². The first kappa shape index (κ1) is 17.4. The largest absolute Gasteiger partial charge is 0.482 e. The molecule has 1 aliphatic rings. The fourth-order valence-electron chi connectivity index (χ4n) is 3.23. The zero-order valence-corrected chi connectivity index (χ0v) is 15.4. The van der Waals surface area contributed by atoms with Gasteiger partial charge in [-0.15, -0.1) is 0 Å². The molecule has 0 saturated carbocycles. The molecule has 136 valence electrons. The van der Waals surface area contributed by atoms with E-state index in [1.54, 1.807) is 17.0 Å². The lowest BCUT2D eigenvalue weighted by Gasteiger charge is -2.36. The molecule has 4 rings (SSSR count). The molecule has 1 heterocycles. The van der Waals surface area contributed by atoms with Gasteiger partial charge < -0.3 is 15.0 Å².